The number of benzene rings is 3. The lowest BCUT2D eigenvalue weighted by Gasteiger charge is -2.31. The molecule has 356 valence electrons. The zero-order chi connectivity index (χ0) is 48.0. The molecule has 0 saturated carbocycles. The molecule has 2 fully saturated rings. The van der Waals surface area contributed by atoms with Crippen LogP contribution in [-0.2, 0) is 19.1 Å². The summed E-state index contributed by atoms with van der Waals surface area (Å²) in [4.78, 5) is 72.1. The van der Waals surface area contributed by atoms with Crippen molar-refractivity contribution in [3.05, 3.63) is 95.3 Å². The second-order valence-corrected chi connectivity index (χ2v) is 18.7. The Morgan fingerprint density at radius 1 is 0.735 bits per heavy atom. The number of amides is 4. The first kappa shape index (κ1) is 46.1. The van der Waals surface area contributed by atoms with Gasteiger partial charge in [-0.15, -0.1) is 0 Å². The van der Waals surface area contributed by atoms with E-state index in [0.29, 0.717) is 41.3 Å². The van der Waals surface area contributed by atoms with Gasteiger partial charge in [0.05, 0.1) is 68.4 Å². The van der Waals surface area contributed by atoms with E-state index in [4.69, 9.17) is 40.5 Å². The highest BCUT2D eigenvalue weighted by molar-refractivity contribution is 6.30. The summed E-state index contributed by atoms with van der Waals surface area (Å²) in [5.74, 6) is 1.96. The van der Waals surface area contributed by atoms with Crippen LogP contribution < -0.4 is 20.1 Å². The van der Waals surface area contributed by atoms with E-state index in [1.807, 2.05) is 64.1 Å². The summed E-state index contributed by atoms with van der Waals surface area (Å²) in [6.45, 7) is 8.68. The zero-order valence-electron chi connectivity index (χ0n) is 39.1. The molecule has 18 heteroatoms. The first-order valence-corrected chi connectivity index (χ1v) is 23.4. The highest BCUT2D eigenvalue weighted by atomic mass is 35.5. The van der Waals surface area contributed by atoms with Crippen LogP contribution in [0.15, 0.2) is 73.1 Å². The number of fused-ring (bicyclic) bond motifs is 5. The van der Waals surface area contributed by atoms with Crippen molar-refractivity contribution in [2.75, 3.05) is 34.4 Å². The maximum atomic E-state index is 13.8. The quantitative estimate of drug-likeness (QED) is 0.0920. The second-order valence-electron chi connectivity index (χ2n) is 18.2. The molecule has 3 aliphatic heterocycles. The van der Waals surface area contributed by atoms with E-state index in [-0.39, 0.29) is 35.7 Å². The largest absolute Gasteiger partial charge is 0.497 e. The molecule has 0 bridgehead atoms. The number of carbonyl (C=O) groups is 4. The van der Waals surface area contributed by atoms with E-state index in [9.17, 15) is 19.2 Å². The highest BCUT2D eigenvalue weighted by Crippen LogP contribution is 2.47. The molecule has 9 rings (SSSR count). The number of carbonyl (C=O) groups excluding carboxylic acids is 4. The molecule has 68 heavy (non-hydrogen) atoms. The molecule has 1 unspecified atom stereocenters. The van der Waals surface area contributed by atoms with Crippen molar-refractivity contribution in [2.24, 2.45) is 11.8 Å². The number of hydrogen-bond acceptors (Lipinski definition) is 10. The van der Waals surface area contributed by atoms with E-state index in [1.165, 1.54) is 14.2 Å². The number of aromatic amines is 2. The average molecular weight is 947 g/mol. The predicted molar refractivity (Wildman–Crippen MR) is 255 cm³/mol. The number of alkyl carbamates (subject to hydrolysis) is 2. The third-order valence-corrected chi connectivity index (χ3v) is 13.5. The van der Waals surface area contributed by atoms with Crippen molar-refractivity contribution in [1.82, 2.24) is 44.9 Å². The van der Waals surface area contributed by atoms with E-state index >= 15 is 0 Å². The van der Waals surface area contributed by atoms with Crippen LogP contribution in [-0.4, -0.2) is 105 Å². The van der Waals surface area contributed by atoms with Crippen LogP contribution in [0.4, 0.5) is 9.59 Å². The van der Waals surface area contributed by atoms with E-state index in [1.54, 1.807) is 35.4 Å². The Bertz CT molecular complexity index is 2890. The molecule has 3 aliphatic rings. The Balaban J connectivity index is 1.03. The minimum Gasteiger partial charge on any atom is -0.497 e. The second kappa shape index (κ2) is 18.9. The summed E-state index contributed by atoms with van der Waals surface area (Å²) in [6, 6.07) is 18.0. The number of halogens is 1. The Labute approximate surface area is 398 Å². The number of methoxy groups -OCH3 is 3. The molecule has 5 atom stereocenters. The topological polar surface area (TPSA) is 198 Å². The number of aromatic nitrogens is 5. The van der Waals surface area contributed by atoms with E-state index in [0.717, 1.165) is 75.9 Å². The summed E-state index contributed by atoms with van der Waals surface area (Å²) in [7, 11) is 4.17. The maximum absolute atomic E-state index is 13.8. The lowest BCUT2D eigenvalue weighted by molar-refractivity contribution is -0.136. The van der Waals surface area contributed by atoms with Gasteiger partial charge in [-0.25, -0.2) is 19.6 Å². The minimum absolute atomic E-state index is 0.143. The standard InChI is InChI=1S/C50H56ClN9O8/c1-26(2)42(56-49(63)66-6)46(61)58-16-8-10-38(58)44-52-24-35(54-44)28-13-15-37-30(18-28)21-40-34-14-12-29(22-41(34)68-48(60(37)40)31-19-32(51)23-33(20-31)65-5)36-25-53-45(55-36)39-11-9-17-59(39)47(62)43(27(3)4)57-50(64)67-7/h12-15,18-27,38-39,42-43,48H,8-11,16-17H2,1-7H3,(H,52,54)(H,53,55)(H,56,63)(H,57,64)/t38-,39-,42-,43-,48?/m0/s1. The fraction of sp³-hybridized carbons (Fsp3) is 0.400. The van der Waals surface area contributed by atoms with E-state index < -0.39 is 30.5 Å². The molecule has 4 amide bonds. The van der Waals surface area contributed by atoms with Crippen LogP contribution in [0.1, 0.15) is 88.9 Å². The smallest absolute Gasteiger partial charge is 0.407 e. The lowest BCUT2D eigenvalue weighted by atomic mass is 10.0. The van der Waals surface area contributed by atoms with Crippen molar-refractivity contribution in [3.8, 4) is 45.3 Å². The number of H-pyrrole nitrogens is 2. The summed E-state index contributed by atoms with van der Waals surface area (Å²) < 4.78 is 24.4. The van der Waals surface area contributed by atoms with Crippen LogP contribution in [0, 0.1) is 11.8 Å². The van der Waals surface area contributed by atoms with Crippen molar-refractivity contribution in [3.63, 3.8) is 0 Å². The Hall–Kier alpha value is -7.01. The Morgan fingerprint density at radius 3 is 1.84 bits per heavy atom. The van der Waals surface area contributed by atoms with Crippen molar-refractivity contribution < 1.29 is 38.1 Å². The van der Waals surface area contributed by atoms with Crippen molar-refractivity contribution in [2.45, 2.75) is 83.8 Å². The first-order valence-electron chi connectivity index (χ1n) is 23.0. The van der Waals surface area contributed by atoms with E-state index in [2.05, 4.69) is 43.4 Å². The van der Waals surface area contributed by atoms with Crippen molar-refractivity contribution in [1.29, 1.82) is 0 Å². The lowest BCUT2D eigenvalue weighted by Crippen LogP contribution is -2.51. The average Bonchev–Trinajstić information content (AvgIpc) is 4.20. The van der Waals surface area contributed by atoms with Gasteiger partial charge in [0.15, 0.2) is 0 Å². The number of rotatable bonds is 12. The minimum atomic E-state index is -0.738. The van der Waals surface area contributed by atoms with Crippen LogP contribution in [0.3, 0.4) is 0 Å². The molecule has 0 aliphatic carbocycles. The van der Waals surface area contributed by atoms with Crippen LogP contribution in [0.25, 0.3) is 44.7 Å². The highest BCUT2D eigenvalue weighted by Gasteiger charge is 2.39. The molecule has 3 aromatic carbocycles. The van der Waals surface area contributed by atoms with Gasteiger partial charge in [-0.05, 0) is 86.1 Å². The maximum Gasteiger partial charge on any atom is 0.407 e. The molecule has 17 nitrogen and oxygen atoms in total. The molecule has 3 aromatic heterocycles. The predicted octanol–water partition coefficient (Wildman–Crippen LogP) is 8.78. The Kier molecular flexibility index (Phi) is 12.8. The third kappa shape index (κ3) is 8.70. The van der Waals surface area contributed by atoms with Gasteiger partial charge in [-0.1, -0.05) is 51.4 Å². The summed E-state index contributed by atoms with van der Waals surface area (Å²) in [5.41, 5.74) is 6.87. The number of ether oxygens (including phenoxy) is 4. The van der Waals surface area contributed by atoms with Crippen molar-refractivity contribution >= 4 is 46.5 Å². The molecule has 6 heterocycles. The van der Waals surface area contributed by atoms with Gasteiger partial charge in [0.2, 0.25) is 18.0 Å². The van der Waals surface area contributed by atoms with Crippen LogP contribution in [0.2, 0.25) is 5.02 Å². The first-order chi connectivity index (χ1) is 32.8. The molecule has 6 aromatic rings. The van der Waals surface area contributed by atoms with Gasteiger partial charge in [0.25, 0.3) is 0 Å². The molecule has 4 N–H and O–H groups in total. The summed E-state index contributed by atoms with van der Waals surface area (Å²) in [5, 5.41) is 6.90. The Morgan fingerprint density at radius 2 is 1.29 bits per heavy atom. The number of imidazole rings is 2. The number of nitrogens with one attached hydrogen (secondary N) is 4. The number of likely N-dealkylation sites (tertiary alicyclic amines) is 2. The third-order valence-electron chi connectivity index (χ3n) is 13.3. The molecule has 2 saturated heterocycles. The zero-order valence-corrected chi connectivity index (χ0v) is 39.8. The van der Waals surface area contributed by atoms with Gasteiger partial charge in [-0.3, -0.25) is 9.59 Å². The monoisotopic (exact) mass is 945 g/mol. The number of nitrogens with zero attached hydrogens (tertiary/aromatic N) is 5. The molecule has 0 spiro atoms. The number of hydrogen-bond donors (Lipinski definition) is 4. The SMILES string of the molecule is COC(=O)N[C@H](C(=O)N1CCC[C@H]1c1ncc(-c2ccc3c(c2)OC(c2cc(Cl)cc(OC)c2)n2c-3cc3cc(-c4cnc([C@@H]5CCCN5C(=O)[C@@H](NC(=O)OC)C(C)C)[nH]4)ccc32)[nH]1)C(C)C. The summed E-state index contributed by atoms with van der Waals surface area (Å²) in [6.07, 6.45) is 4.74. The van der Waals surface area contributed by atoms with Gasteiger partial charge < -0.3 is 53.9 Å². The van der Waals surface area contributed by atoms with Gasteiger partial charge >= 0.3 is 12.2 Å². The fourth-order valence-electron chi connectivity index (χ4n) is 9.79. The normalized spacial score (nSPS) is 18.5. The van der Waals surface area contributed by atoms with Crippen LogP contribution in [0.5, 0.6) is 11.5 Å². The molecule has 0 radical (unpaired) electrons. The van der Waals surface area contributed by atoms with Gasteiger partial charge in [-0.2, -0.15) is 0 Å². The summed E-state index contributed by atoms with van der Waals surface area (Å²) >= 11 is 6.68. The van der Waals surface area contributed by atoms with Gasteiger partial charge in [0, 0.05) is 45.8 Å². The van der Waals surface area contributed by atoms with Crippen LogP contribution >= 0.6 is 11.6 Å². The van der Waals surface area contributed by atoms with Gasteiger partial charge in [0.1, 0.15) is 35.2 Å². The fourth-order valence-corrected chi connectivity index (χ4v) is 10.0. The molecular weight excluding hydrogens is 890 g/mol. The molecular formula is C50H56ClN9O8.